The van der Waals surface area contributed by atoms with Gasteiger partial charge in [0.15, 0.2) is 0 Å². The minimum absolute atomic E-state index is 0.225. The number of amides is 3. The fourth-order valence-electron chi connectivity index (χ4n) is 3.58. The van der Waals surface area contributed by atoms with Gasteiger partial charge in [-0.05, 0) is 45.9 Å². The zero-order valence-corrected chi connectivity index (χ0v) is 20.1. The van der Waals surface area contributed by atoms with Crippen LogP contribution in [0.5, 0.6) is 5.75 Å². The highest BCUT2D eigenvalue weighted by Crippen LogP contribution is 2.28. The zero-order chi connectivity index (χ0) is 24.9. The predicted molar refractivity (Wildman–Crippen MR) is 126 cm³/mol. The molecule has 1 fully saturated rings. The van der Waals surface area contributed by atoms with Crippen LogP contribution in [0, 0.1) is 12.7 Å². The SMILES string of the molecule is COCC1CC(Oc2cc(F)cc(NC(=O)Nc3ccc(C)nc3)c2)CN1C(=O)OC(C)(C)C. The van der Waals surface area contributed by atoms with Gasteiger partial charge in [-0.2, -0.15) is 0 Å². The number of hydrogen-bond donors (Lipinski definition) is 2. The van der Waals surface area contributed by atoms with Crippen LogP contribution in [-0.2, 0) is 9.47 Å². The second-order valence-corrected chi connectivity index (χ2v) is 9.16. The average Bonchev–Trinajstić information content (AvgIpc) is 3.10. The lowest BCUT2D eigenvalue weighted by atomic mass is 10.2. The van der Waals surface area contributed by atoms with Crippen molar-refractivity contribution in [2.24, 2.45) is 0 Å². The Hall–Kier alpha value is -3.40. The Balaban J connectivity index is 1.65. The molecule has 184 valence electrons. The highest BCUT2D eigenvalue weighted by Gasteiger charge is 2.38. The number of anilines is 2. The van der Waals surface area contributed by atoms with E-state index in [0.29, 0.717) is 18.7 Å². The first-order chi connectivity index (χ1) is 16.0. The Labute approximate surface area is 198 Å². The second kappa shape index (κ2) is 10.7. The summed E-state index contributed by atoms with van der Waals surface area (Å²) in [5.41, 5.74) is 0.922. The molecule has 1 aromatic heterocycles. The van der Waals surface area contributed by atoms with Crippen LogP contribution in [0.25, 0.3) is 0 Å². The van der Waals surface area contributed by atoms with Crippen molar-refractivity contribution in [3.63, 3.8) is 0 Å². The molecule has 1 aliphatic rings. The number of methoxy groups -OCH3 is 1. The summed E-state index contributed by atoms with van der Waals surface area (Å²) >= 11 is 0. The number of carbonyl (C=O) groups is 2. The number of pyridine rings is 1. The molecule has 0 aliphatic carbocycles. The van der Waals surface area contributed by atoms with Gasteiger partial charge in [0.25, 0.3) is 0 Å². The van der Waals surface area contributed by atoms with Gasteiger partial charge in [-0.1, -0.05) is 0 Å². The normalized spacial score (nSPS) is 17.9. The van der Waals surface area contributed by atoms with Crippen LogP contribution in [-0.4, -0.2) is 60.0 Å². The summed E-state index contributed by atoms with van der Waals surface area (Å²) in [4.78, 5) is 30.6. The summed E-state index contributed by atoms with van der Waals surface area (Å²) in [7, 11) is 1.56. The Kier molecular flexibility index (Phi) is 7.93. The molecule has 2 aromatic rings. The first-order valence-corrected chi connectivity index (χ1v) is 11.0. The number of nitrogens with zero attached hydrogens (tertiary/aromatic N) is 2. The van der Waals surface area contributed by atoms with Crippen LogP contribution < -0.4 is 15.4 Å². The van der Waals surface area contributed by atoms with Crippen LogP contribution in [0.15, 0.2) is 36.5 Å². The summed E-state index contributed by atoms with van der Waals surface area (Å²) in [6.45, 7) is 7.83. The van der Waals surface area contributed by atoms with Crippen molar-refractivity contribution in [1.29, 1.82) is 0 Å². The number of rotatable bonds is 6. The maximum absolute atomic E-state index is 14.2. The number of carbonyl (C=O) groups excluding carboxylic acids is 2. The van der Waals surface area contributed by atoms with E-state index in [2.05, 4.69) is 15.6 Å². The van der Waals surface area contributed by atoms with E-state index in [1.165, 1.54) is 24.4 Å². The summed E-state index contributed by atoms with van der Waals surface area (Å²) in [5.74, 6) is -0.334. The van der Waals surface area contributed by atoms with Crippen molar-refractivity contribution < 1.29 is 28.2 Å². The number of benzene rings is 1. The number of ether oxygens (including phenoxy) is 3. The van der Waals surface area contributed by atoms with E-state index in [4.69, 9.17) is 14.2 Å². The number of likely N-dealkylation sites (tertiary alicyclic amines) is 1. The van der Waals surface area contributed by atoms with E-state index < -0.39 is 29.6 Å². The van der Waals surface area contributed by atoms with Crippen LogP contribution in [0.1, 0.15) is 32.9 Å². The molecular weight excluding hydrogens is 443 g/mol. The van der Waals surface area contributed by atoms with Gasteiger partial charge in [0, 0.05) is 37.0 Å². The first kappa shape index (κ1) is 25.2. The lowest BCUT2D eigenvalue weighted by molar-refractivity contribution is 0.0140. The first-order valence-electron chi connectivity index (χ1n) is 11.0. The van der Waals surface area contributed by atoms with Crippen molar-refractivity contribution in [1.82, 2.24) is 9.88 Å². The molecule has 1 saturated heterocycles. The Morgan fingerprint density at radius 1 is 1.18 bits per heavy atom. The number of nitrogens with one attached hydrogen (secondary N) is 2. The van der Waals surface area contributed by atoms with Crippen molar-refractivity contribution in [3.05, 3.63) is 48.0 Å². The minimum Gasteiger partial charge on any atom is -0.488 e. The maximum Gasteiger partial charge on any atom is 0.410 e. The molecule has 0 spiro atoms. The quantitative estimate of drug-likeness (QED) is 0.636. The van der Waals surface area contributed by atoms with Gasteiger partial charge >= 0.3 is 12.1 Å². The van der Waals surface area contributed by atoms with Crippen molar-refractivity contribution >= 4 is 23.5 Å². The van der Waals surface area contributed by atoms with Crippen LogP contribution in [0.3, 0.4) is 0 Å². The van der Waals surface area contributed by atoms with E-state index in [1.54, 1.807) is 44.9 Å². The van der Waals surface area contributed by atoms with Gasteiger partial charge < -0.3 is 24.8 Å². The standard InChI is InChI=1S/C24H31FN4O5/c1-15-6-7-17(12-26-15)27-22(30)28-18-8-16(25)9-20(10-18)33-21-11-19(14-32-5)29(13-21)23(31)34-24(2,3)4/h6-10,12,19,21H,11,13-14H2,1-5H3,(H2,27,28,30). The average molecular weight is 475 g/mol. The fraction of sp³-hybridized carbons (Fsp3) is 0.458. The van der Waals surface area contributed by atoms with Crippen molar-refractivity contribution in [2.75, 3.05) is 30.9 Å². The van der Waals surface area contributed by atoms with Gasteiger partial charge in [0.05, 0.1) is 31.1 Å². The summed E-state index contributed by atoms with van der Waals surface area (Å²) < 4.78 is 31.0. The Morgan fingerprint density at radius 2 is 1.91 bits per heavy atom. The van der Waals surface area contributed by atoms with Crippen LogP contribution in [0.2, 0.25) is 0 Å². The molecule has 10 heteroatoms. The summed E-state index contributed by atoms with van der Waals surface area (Å²) in [5, 5.41) is 5.23. The van der Waals surface area contributed by atoms with E-state index in [9.17, 15) is 14.0 Å². The zero-order valence-electron chi connectivity index (χ0n) is 20.1. The highest BCUT2D eigenvalue weighted by atomic mass is 19.1. The number of hydrogen-bond acceptors (Lipinski definition) is 6. The van der Waals surface area contributed by atoms with Gasteiger partial charge in [0.1, 0.15) is 23.3 Å². The molecule has 1 aliphatic heterocycles. The lowest BCUT2D eigenvalue weighted by Crippen LogP contribution is -2.42. The van der Waals surface area contributed by atoms with Gasteiger partial charge in [0.2, 0.25) is 0 Å². The minimum atomic E-state index is -0.633. The molecule has 2 N–H and O–H groups in total. The largest absolute Gasteiger partial charge is 0.488 e. The summed E-state index contributed by atoms with van der Waals surface area (Å²) in [6, 6.07) is 6.66. The molecule has 2 unspecified atom stereocenters. The molecular formula is C24H31FN4O5. The number of aryl methyl sites for hydroxylation is 1. The molecule has 34 heavy (non-hydrogen) atoms. The van der Waals surface area contributed by atoms with Crippen LogP contribution in [0.4, 0.5) is 25.4 Å². The number of urea groups is 1. The Morgan fingerprint density at radius 3 is 2.56 bits per heavy atom. The van der Waals surface area contributed by atoms with Crippen molar-refractivity contribution in [3.8, 4) is 5.75 Å². The molecule has 0 saturated carbocycles. The molecule has 3 amide bonds. The number of halogens is 1. The molecule has 3 rings (SSSR count). The van der Waals surface area contributed by atoms with E-state index >= 15 is 0 Å². The molecule has 0 bridgehead atoms. The molecule has 1 aromatic carbocycles. The topological polar surface area (TPSA) is 102 Å². The second-order valence-electron chi connectivity index (χ2n) is 9.16. The van der Waals surface area contributed by atoms with Gasteiger partial charge in [-0.25, -0.2) is 14.0 Å². The maximum atomic E-state index is 14.2. The summed E-state index contributed by atoms with van der Waals surface area (Å²) in [6.07, 6.45) is 1.18. The van der Waals surface area contributed by atoms with E-state index in [-0.39, 0.29) is 24.0 Å². The van der Waals surface area contributed by atoms with Gasteiger partial charge in [-0.15, -0.1) is 0 Å². The fourth-order valence-corrected chi connectivity index (χ4v) is 3.58. The molecule has 0 radical (unpaired) electrons. The third kappa shape index (κ3) is 7.31. The van der Waals surface area contributed by atoms with E-state index in [0.717, 1.165) is 5.69 Å². The van der Waals surface area contributed by atoms with Crippen LogP contribution >= 0.6 is 0 Å². The molecule has 9 nitrogen and oxygen atoms in total. The third-order valence-corrected chi connectivity index (χ3v) is 4.96. The third-order valence-electron chi connectivity index (χ3n) is 4.96. The highest BCUT2D eigenvalue weighted by molar-refractivity contribution is 5.99. The smallest absolute Gasteiger partial charge is 0.410 e. The Bertz CT molecular complexity index is 1010. The van der Waals surface area contributed by atoms with Crippen molar-refractivity contribution in [2.45, 2.75) is 51.9 Å². The lowest BCUT2D eigenvalue weighted by Gasteiger charge is -2.28. The molecule has 2 atom stereocenters. The van der Waals surface area contributed by atoms with Gasteiger partial charge in [-0.3, -0.25) is 9.88 Å². The molecule has 2 heterocycles. The van der Waals surface area contributed by atoms with E-state index in [1.807, 2.05) is 6.92 Å². The predicted octanol–water partition coefficient (Wildman–Crippen LogP) is 4.58. The number of aromatic nitrogens is 1. The monoisotopic (exact) mass is 474 g/mol.